The lowest BCUT2D eigenvalue weighted by Crippen LogP contribution is -2.01. The summed E-state index contributed by atoms with van der Waals surface area (Å²) in [7, 11) is 0. The molecule has 0 spiro atoms. The summed E-state index contributed by atoms with van der Waals surface area (Å²) in [6.45, 7) is 7.27. The van der Waals surface area contributed by atoms with Crippen molar-refractivity contribution >= 4 is 17.3 Å². The van der Waals surface area contributed by atoms with Crippen LogP contribution in [-0.2, 0) is 0 Å². The van der Waals surface area contributed by atoms with Gasteiger partial charge in [0, 0.05) is 18.3 Å². The van der Waals surface area contributed by atoms with Gasteiger partial charge in [-0.25, -0.2) is 9.97 Å². The van der Waals surface area contributed by atoms with Crippen molar-refractivity contribution in [2.45, 2.75) is 26.7 Å². The SMILES string of the molecule is CCNc1cc(Nc2ccc(C(C)C)cc2)ncn1. The van der Waals surface area contributed by atoms with Crippen LogP contribution in [-0.4, -0.2) is 16.5 Å². The second-order valence-electron chi connectivity index (χ2n) is 4.72. The third-order valence-corrected chi connectivity index (χ3v) is 2.87. The Hall–Kier alpha value is -2.10. The fourth-order valence-electron chi connectivity index (χ4n) is 1.80. The van der Waals surface area contributed by atoms with Gasteiger partial charge in [0.2, 0.25) is 0 Å². The normalized spacial score (nSPS) is 10.5. The van der Waals surface area contributed by atoms with Gasteiger partial charge < -0.3 is 10.6 Å². The standard InChI is InChI=1S/C15H20N4/c1-4-16-14-9-15(18-10-17-14)19-13-7-5-12(6-8-13)11(2)3/h5-11H,4H2,1-3H3,(H2,16,17,18,19). The monoisotopic (exact) mass is 256 g/mol. The first-order valence-electron chi connectivity index (χ1n) is 6.62. The largest absolute Gasteiger partial charge is 0.370 e. The molecule has 1 heterocycles. The van der Waals surface area contributed by atoms with E-state index in [2.05, 4.69) is 58.7 Å². The fourth-order valence-corrected chi connectivity index (χ4v) is 1.80. The molecule has 0 unspecified atom stereocenters. The lowest BCUT2D eigenvalue weighted by atomic mass is 10.0. The summed E-state index contributed by atoms with van der Waals surface area (Å²) in [5, 5.41) is 6.44. The Morgan fingerprint density at radius 3 is 2.37 bits per heavy atom. The summed E-state index contributed by atoms with van der Waals surface area (Å²) in [5.74, 6) is 2.18. The minimum atomic E-state index is 0.549. The van der Waals surface area contributed by atoms with E-state index < -0.39 is 0 Å². The van der Waals surface area contributed by atoms with Crippen molar-refractivity contribution in [3.63, 3.8) is 0 Å². The van der Waals surface area contributed by atoms with Crippen molar-refractivity contribution in [3.05, 3.63) is 42.2 Å². The Bertz CT molecular complexity index is 520. The number of rotatable bonds is 5. The van der Waals surface area contributed by atoms with E-state index in [0.717, 1.165) is 23.9 Å². The van der Waals surface area contributed by atoms with E-state index in [1.165, 1.54) is 5.56 Å². The molecule has 0 atom stereocenters. The second kappa shape index (κ2) is 6.18. The van der Waals surface area contributed by atoms with Gasteiger partial charge in [-0.3, -0.25) is 0 Å². The van der Waals surface area contributed by atoms with Crippen LogP contribution in [0.1, 0.15) is 32.3 Å². The second-order valence-corrected chi connectivity index (χ2v) is 4.72. The smallest absolute Gasteiger partial charge is 0.135 e. The van der Waals surface area contributed by atoms with Crippen LogP contribution in [0.3, 0.4) is 0 Å². The van der Waals surface area contributed by atoms with E-state index in [1.807, 2.05) is 13.0 Å². The molecule has 2 aromatic rings. The Balaban J connectivity index is 2.10. The lowest BCUT2D eigenvalue weighted by Gasteiger charge is -2.09. The first-order chi connectivity index (χ1) is 9.19. The van der Waals surface area contributed by atoms with Crippen LogP contribution in [0.4, 0.5) is 17.3 Å². The highest BCUT2D eigenvalue weighted by Crippen LogP contribution is 2.20. The average molecular weight is 256 g/mol. The molecule has 0 saturated carbocycles. The number of benzene rings is 1. The summed E-state index contributed by atoms with van der Waals surface area (Å²) in [5.41, 5.74) is 2.37. The molecule has 4 nitrogen and oxygen atoms in total. The molecular formula is C15H20N4. The number of anilines is 3. The van der Waals surface area contributed by atoms with Gasteiger partial charge in [0.05, 0.1) is 0 Å². The molecule has 0 aliphatic carbocycles. The summed E-state index contributed by atoms with van der Waals surface area (Å²) in [6.07, 6.45) is 1.56. The number of hydrogen-bond donors (Lipinski definition) is 2. The first-order valence-corrected chi connectivity index (χ1v) is 6.62. The summed E-state index contributed by atoms with van der Waals surface area (Å²) in [6, 6.07) is 10.3. The molecule has 0 saturated heterocycles. The van der Waals surface area contributed by atoms with Crippen LogP contribution < -0.4 is 10.6 Å². The minimum Gasteiger partial charge on any atom is -0.370 e. The Labute approximate surface area is 114 Å². The number of hydrogen-bond acceptors (Lipinski definition) is 4. The zero-order chi connectivity index (χ0) is 13.7. The third kappa shape index (κ3) is 3.68. The zero-order valence-corrected chi connectivity index (χ0v) is 11.6. The Morgan fingerprint density at radius 2 is 1.74 bits per heavy atom. The van der Waals surface area contributed by atoms with Gasteiger partial charge in [-0.2, -0.15) is 0 Å². The van der Waals surface area contributed by atoms with Crippen LogP contribution >= 0.6 is 0 Å². The summed E-state index contributed by atoms with van der Waals surface area (Å²) >= 11 is 0. The molecule has 0 bridgehead atoms. The molecule has 0 radical (unpaired) electrons. The molecule has 0 aliphatic rings. The van der Waals surface area contributed by atoms with Crippen molar-refractivity contribution in [1.82, 2.24) is 9.97 Å². The maximum atomic E-state index is 4.21. The molecule has 4 heteroatoms. The van der Waals surface area contributed by atoms with E-state index in [4.69, 9.17) is 0 Å². The highest BCUT2D eigenvalue weighted by molar-refractivity contribution is 5.59. The third-order valence-electron chi connectivity index (χ3n) is 2.87. The molecule has 1 aromatic heterocycles. The molecule has 0 fully saturated rings. The topological polar surface area (TPSA) is 49.8 Å². The Morgan fingerprint density at radius 1 is 1.05 bits per heavy atom. The lowest BCUT2D eigenvalue weighted by molar-refractivity contribution is 0.867. The van der Waals surface area contributed by atoms with Crippen LogP contribution in [0.2, 0.25) is 0 Å². The van der Waals surface area contributed by atoms with Gasteiger partial charge in [-0.15, -0.1) is 0 Å². The van der Waals surface area contributed by atoms with Gasteiger partial charge >= 0.3 is 0 Å². The van der Waals surface area contributed by atoms with Crippen molar-refractivity contribution in [2.24, 2.45) is 0 Å². The van der Waals surface area contributed by atoms with Crippen molar-refractivity contribution in [3.8, 4) is 0 Å². The highest BCUT2D eigenvalue weighted by Gasteiger charge is 2.01. The fraction of sp³-hybridized carbons (Fsp3) is 0.333. The molecule has 0 amide bonds. The maximum absolute atomic E-state index is 4.21. The van der Waals surface area contributed by atoms with Gasteiger partial charge in [-0.1, -0.05) is 26.0 Å². The molecule has 0 aliphatic heterocycles. The molecular weight excluding hydrogens is 236 g/mol. The molecule has 2 rings (SSSR count). The van der Waals surface area contributed by atoms with Crippen LogP contribution in [0.25, 0.3) is 0 Å². The molecule has 100 valence electrons. The molecule has 2 N–H and O–H groups in total. The molecule has 19 heavy (non-hydrogen) atoms. The van der Waals surface area contributed by atoms with Gasteiger partial charge in [0.25, 0.3) is 0 Å². The van der Waals surface area contributed by atoms with Gasteiger partial charge in [0.15, 0.2) is 0 Å². The van der Waals surface area contributed by atoms with Gasteiger partial charge in [-0.05, 0) is 30.5 Å². The van der Waals surface area contributed by atoms with Crippen LogP contribution in [0.15, 0.2) is 36.7 Å². The van der Waals surface area contributed by atoms with Crippen molar-refractivity contribution in [2.75, 3.05) is 17.2 Å². The summed E-state index contributed by atoms with van der Waals surface area (Å²) in [4.78, 5) is 8.36. The number of aromatic nitrogens is 2. The highest BCUT2D eigenvalue weighted by atomic mass is 15.1. The molecule has 1 aromatic carbocycles. The van der Waals surface area contributed by atoms with E-state index in [9.17, 15) is 0 Å². The predicted octanol–water partition coefficient (Wildman–Crippen LogP) is 3.78. The summed E-state index contributed by atoms with van der Waals surface area (Å²) < 4.78 is 0. The van der Waals surface area contributed by atoms with Crippen LogP contribution in [0, 0.1) is 0 Å². The van der Waals surface area contributed by atoms with E-state index in [0.29, 0.717) is 5.92 Å². The van der Waals surface area contributed by atoms with Crippen molar-refractivity contribution < 1.29 is 0 Å². The van der Waals surface area contributed by atoms with E-state index in [-0.39, 0.29) is 0 Å². The minimum absolute atomic E-state index is 0.549. The predicted molar refractivity (Wildman–Crippen MR) is 80.0 cm³/mol. The number of nitrogens with zero attached hydrogens (tertiary/aromatic N) is 2. The average Bonchev–Trinajstić information content (AvgIpc) is 2.40. The quantitative estimate of drug-likeness (QED) is 0.855. The Kier molecular flexibility index (Phi) is 4.34. The van der Waals surface area contributed by atoms with E-state index >= 15 is 0 Å². The van der Waals surface area contributed by atoms with Crippen LogP contribution in [0.5, 0.6) is 0 Å². The van der Waals surface area contributed by atoms with Gasteiger partial charge in [0.1, 0.15) is 18.0 Å². The zero-order valence-electron chi connectivity index (χ0n) is 11.6. The maximum Gasteiger partial charge on any atom is 0.135 e. The van der Waals surface area contributed by atoms with Crippen molar-refractivity contribution in [1.29, 1.82) is 0 Å². The van der Waals surface area contributed by atoms with E-state index in [1.54, 1.807) is 6.33 Å². The number of nitrogens with one attached hydrogen (secondary N) is 2. The first kappa shape index (κ1) is 13.3.